The van der Waals surface area contributed by atoms with Gasteiger partial charge in [-0.05, 0) is 101 Å². The van der Waals surface area contributed by atoms with Crippen molar-refractivity contribution in [3.63, 3.8) is 0 Å². The molecule has 2 N–H and O–H groups in total. The van der Waals surface area contributed by atoms with Crippen LogP contribution in [0.2, 0.25) is 0 Å². The van der Waals surface area contributed by atoms with Gasteiger partial charge in [0.25, 0.3) is 0 Å². The minimum absolute atomic E-state index is 0.00872. The lowest BCUT2D eigenvalue weighted by atomic mass is 9.46. The summed E-state index contributed by atoms with van der Waals surface area (Å²) in [6.07, 6.45) is 5.41. The summed E-state index contributed by atoms with van der Waals surface area (Å²) in [5.74, 6) is 0.227. The number of rotatable bonds is 9. The van der Waals surface area contributed by atoms with Crippen LogP contribution >= 0.6 is 0 Å². The van der Waals surface area contributed by atoms with Gasteiger partial charge >= 0.3 is 12.1 Å². The van der Waals surface area contributed by atoms with Crippen LogP contribution in [-0.4, -0.2) is 52.5 Å². The molecule has 6 nitrogen and oxygen atoms in total. The number of esters is 1. The van der Waals surface area contributed by atoms with E-state index in [1.807, 2.05) is 0 Å². The van der Waals surface area contributed by atoms with Gasteiger partial charge in [0, 0.05) is 17.8 Å². The molecule has 0 amide bonds. The highest BCUT2D eigenvalue weighted by molar-refractivity contribution is 5.86. The molecule has 8 bridgehead atoms. The van der Waals surface area contributed by atoms with E-state index in [2.05, 4.69) is 0 Å². The highest BCUT2D eigenvalue weighted by atomic mass is 19.3. The molecular formula is C31H46F2O6. The van der Waals surface area contributed by atoms with Crippen molar-refractivity contribution in [1.82, 2.24) is 0 Å². The first-order valence-electron chi connectivity index (χ1n) is 15.2. The lowest BCUT2D eigenvalue weighted by molar-refractivity contribution is -0.300. The number of hydrogen-bond donors (Lipinski definition) is 2. The fourth-order valence-electron chi connectivity index (χ4n) is 10.4. The number of ketones is 1. The van der Waals surface area contributed by atoms with E-state index in [1.54, 1.807) is 0 Å². The van der Waals surface area contributed by atoms with Gasteiger partial charge in [-0.2, -0.15) is 8.78 Å². The second-order valence-corrected chi connectivity index (χ2v) is 16.1. The third-order valence-corrected chi connectivity index (χ3v) is 11.4. The molecule has 39 heavy (non-hydrogen) atoms. The third kappa shape index (κ3) is 4.98. The molecule has 0 aliphatic heterocycles. The zero-order chi connectivity index (χ0) is 28.1. The van der Waals surface area contributed by atoms with E-state index >= 15 is 0 Å². The van der Waals surface area contributed by atoms with Crippen LogP contribution in [0.5, 0.6) is 0 Å². The lowest BCUT2D eigenvalue weighted by Crippen LogP contribution is -2.59. The Hall–Kier alpha value is -1.12. The number of Topliss-reactive ketones (excluding diaryl/α,β-unsaturated/α-hetero) is 1. The number of carbonyl (C=O) groups is 2. The SMILES string of the molecule is CC(C)(C)C(F)(F)OCC(COC(=O)C12CC3CC(CC(O)(C3)C1)C2)CC(=O)C12CC3CC(CC(O)(C3)C1)C2. The molecule has 0 radical (unpaired) electrons. The van der Waals surface area contributed by atoms with Crippen molar-refractivity contribution in [3.8, 4) is 0 Å². The van der Waals surface area contributed by atoms with Gasteiger partial charge in [0.15, 0.2) is 0 Å². The summed E-state index contributed by atoms with van der Waals surface area (Å²) >= 11 is 0. The van der Waals surface area contributed by atoms with Crippen LogP contribution in [0.25, 0.3) is 0 Å². The summed E-state index contributed by atoms with van der Waals surface area (Å²) in [6.45, 7) is 3.66. The van der Waals surface area contributed by atoms with Gasteiger partial charge in [0.2, 0.25) is 0 Å². The molecule has 0 aromatic heterocycles. The molecule has 8 fully saturated rings. The van der Waals surface area contributed by atoms with E-state index in [4.69, 9.17) is 9.47 Å². The summed E-state index contributed by atoms with van der Waals surface area (Å²) in [7, 11) is 0. The molecular weight excluding hydrogens is 506 g/mol. The van der Waals surface area contributed by atoms with Crippen molar-refractivity contribution in [2.24, 2.45) is 45.8 Å². The Morgan fingerprint density at radius 3 is 1.72 bits per heavy atom. The molecule has 0 heterocycles. The Morgan fingerprint density at radius 1 is 0.795 bits per heavy atom. The Balaban J connectivity index is 1.16. The van der Waals surface area contributed by atoms with E-state index in [9.17, 15) is 28.6 Å². The molecule has 0 saturated heterocycles. The van der Waals surface area contributed by atoms with E-state index < -0.39 is 46.1 Å². The minimum atomic E-state index is -3.41. The average Bonchev–Trinajstić information content (AvgIpc) is 2.76. The van der Waals surface area contributed by atoms with Crippen molar-refractivity contribution in [2.75, 3.05) is 13.2 Å². The Morgan fingerprint density at radius 2 is 1.26 bits per heavy atom. The maximum atomic E-state index is 14.8. The van der Waals surface area contributed by atoms with Gasteiger partial charge in [-0.25, -0.2) is 0 Å². The molecule has 8 rings (SSSR count). The summed E-state index contributed by atoms with van der Waals surface area (Å²) < 4.78 is 40.5. The summed E-state index contributed by atoms with van der Waals surface area (Å²) in [4.78, 5) is 27.4. The zero-order valence-electron chi connectivity index (χ0n) is 23.8. The fourth-order valence-corrected chi connectivity index (χ4v) is 10.4. The Labute approximate surface area is 230 Å². The van der Waals surface area contributed by atoms with Gasteiger partial charge in [-0.1, -0.05) is 20.8 Å². The van der Waals surface area contributed by atoms with Crippen LogP contribution in [0.1, 0.15) is 104 Å². The van der Waals surface area contributed by atoms with E-state index in [1.165, 1.54) is 20.8 Å². The molecule has 8 saturated carbocycles. The smallest absolute Gasteiger partial charge is 0.360 e. The number of alkyl halides is 2. The van der Waals surface area contributed by atoms with Crippen LogP contribution in [0.3, 0.4) is 0 Å². The second-order valence-electron chi connectivity index (χ2n) is 16.1. The predicted molar refractivity (Wildman–Crippen MR) is 139 cm³/mol. The molecule has 8 aliphatic carbocycles. The van der Waals surface area contributed by atoms with Gasteiger partial charge in [-0.15, -0.1) is 0 Å². The summed E-state index contributed by atoms with van der Waals surface area (Å²) in [5.41, 5.74) is -4.36. The van der Waals surface area contributed by atoms with Crippen LogP contribution in [-0.2, 0) is 19.1 Å². The van der Waals surface area contributed by atoms with Gasteiger partial charge in [0.1, 0.15) is 5.78 Å². The first-order chi connectivity index (χ1) is 18.0. The molecule has 5 unspecified atom stereocenters. The van der Waals surface area contributed by atoms with Crippen LogP contribution < -0.4 is 0 Å². The predicted octanol–water partition coefficient (Wildman–Crippen LogP) is 5.42. The summed E-state index contributed by atoms with van der Waals surface area (Å²) in [6, 6.07) is 0. The largest absolute Gasteiger partial charge is 0.465 e. The maximum absolute atomic E-state index is 14.8. The van der Waals surface area contributed by atoms with Gasteiger partial charge < -0.3 is 19.7 Å². The molecule has 5 atom stereocenters. The number of aliphatic hydroxyl groups is 2. The van der Waals surface area contributed by atoms with Crippen molar-refractivity contribution in [1.29, 1.82) is 0 Å². The van der Waals surface area contributed by atoms with Crippen molar-refractivity contribution >= 4 is 11.8 Å². The Kier molecular flexibility index (Phi) is 6.42. The highest BCUT2D eigenvalue weighted by Gasteiger charge is 2.62. The first kappa shape index (κ1) is 28.0. The zero-order valence-corrected chi connectivity index (χ0v) is 23.8. The van der Waals surface area contributed by atoms with Crippen molar-refractivity contribution in [3.05, 3.63) is 0 Å². The topological polar surface area (TPSA) is 93.1 Å². The van der Waals surface area contributed by atoms with Gasteiger partial charge in [0.05, 0.1) is 35.2 Å². The molecule has 0 spiro atoms. The van der Waals surface area contributed by atoms with Crippen LogP contribution in [0.15, 0.2) is 0 Å². The molecule has 0 aromatic rings. The number of carbonyl (C=O) groups excluding carboxylic acids is 2. The van der Waals surface area contributed by atoms with E-state index in [0.717, 1.165) is 51.4 Å². The quantitative estimate of drug-likeness (QED) is 0.371. The first-order valence-corrected chi connectivity index (χ1v) is 15.2. The maximum Gasteiger partial charge on any atom is 0.360 e. The van der Waals surface area contributed by atoms with Crippen LogP contribution in [0.4, 0.5) is 8.78 Å². The van der Waals surface area contributed by atoms with E-state index in [0.29, 0.717) is 49.4 Å². The van der Waals surface area contributed by atoms with Crippen molar-refractivity contribution < 1.29 is 38.1 Å². The number of halogens is 2. The Bertz CT molecular complexity index is 989. The number of ether oxygens (including phenoxy) is 2. The third-order valence-electron chi connectivity index (χ3n) is 11.4. The van der Waals surface area contributed by atoms with E-state index in [-0.39, 0.29) is 24.8 Å². The number of hydrogen-bond acceptors (Lipinski definition) is 6. The normalized spacial score (nSPS) is 45.0. The monoisotopic (exact) mass is 552 g/mol. The molecule has 8 heteroatoms. The highest BCUT2D eigenvalue weighted by Crippen LogP contribution is 2.63. The molecule has 220 valence electrons. The summed E-state index contributed by atoms with van der Waals surface area (Å²) in [5, 5.41) is 22.2. The average molecular weight is 553 g/mol. The minimum Gasteiger partial charge on any atom is -0.465 e. The van der Waals surface area contributed by atoms with Crippen molar-refractivity contribution in [2.45, 2.75) is 122 Å². The second kappa shape index (κ2) is 8.94. The molecule has 8 aliphatic rings. The fraction of sp³-hybridized carbons (Fsp3) is 0.935. The van der Waals surface area contributed by atoms with Gasteiger partial charge in [-0.3, -0.25) is 9.59 Å². The lowest BCUT2D eigenvalue weighted by Gasteiger charge is -2.59. The molecule has 0 aromatic carbocycles. The standard InChI is InChI=1S/C31H46F2O6/c1-26(2,3)31(32,33)39-16-23(6-24(34)27-7-19-4-20(8-27)12-29(36,11-19)17-27)15-38-25(35)28-9-21-5-22(10-28)14-30(37,13-21)18-28/h19-23,36-37H,4-18H2,1-3H3. The van der Waals surface area contributed by atoms with Crippen LogP contribution in [0, 0.1) is 45.8 Å².